The Morgan fingerprint density at radius 1 is 0.967 bits per heavy atom. The Kier molecular flexibility index (Phi) is 7.83. The molecule has 0 radical (unpaired) electrons. The number of carbonyl (C=O) groups excluding carboxylic acids is 1. The van der Waals surface area contributed by atoms with Gasteiger partial charge in [0.05, 0.1) is 4.34 Å². The number of rotatable bonds is 7. The maximum Gasteiger partial charge on any atom is 0.222 e. The molecule has 6 heteroatoms. The molecule has 4 nitrogen and oxygen atoms in total. The third kappa shape index (κ3) is 6.30. The van der Waals surface area contributed by atoms with Gasteiger partial charge in [0, 0.05) is 57.1 Å². The number of nitrogens with zero attached hydrogens (tertiary/aromatic N) is 3. The van der Waals surface area contributed by atoms with Crippen molar-refractivity contribution in [3.8, 4) is 0 Å². The number of carbonyl (C=O) groups is 1. The number of amides is 1. The molecule has 1 atom stereocenters. The van der Waals surface area contributed by atoms with E-state index < -0.39 is 0 Å². The zero-order chi connectivity index (χ0) is 20.8. The Balaban J connectivity index is 1.16. The molecule has 3 heterocycles. The van der Waals surface area contributed by atoms with Gasteiger partial charge < -0.3 is 4.90 Å². The van der Waals surface area contributed by atoms with Crippen molar-refractivity contribution >= 4 is 28.8 Å². The number of piperazine rings is 1. The lowest BCUT2D eigenvalue weighted by Gasteiger charge is -2.36. The largest absolute Gasteiger partial charge is 0.340 e. The van der Waals surface area contributed by atoms with Gasteiger partial charge in [-0.3, -0.25) is 14.6 Å². The molecule has 1 amide bonds. The summed E-state index contributed by atoms with van der Waals surface area (Å²) in [6.45, 7) is 7.91. The van der Waals surface area contributed by atoms with E-state index in [1.807, 2.05) is 6.07 Å². The van der Waals surface area contributed by atoms with Crippen LogP contribution in [0, 0.1) is 5.92 Å². The molecule has 2 fully saturated rings. The first-order valence-electron chi connectivity index (χ1n) is 11.2. The third-order valence-corrected chi connectivity index (χ3v) is 7.57. The van der Waals surface area contributed by atoms with Crippen LogP contribution in [0.1, 0.15) is 36.1 Å². The van der Waals surface area contributed by atoms with Crippen molar-refractivity contribution in [3.05, 3.63) is 57.2 Å². The molecule has 30 heavy (non-hydrogen) atoms. The summed E-state index contributed by atoms with van der Waals surface area (Å²) < 4.78 is 0.869. The van der Waals surface area contributed by atoms with Gasteiger partial charge in [0.25, 0.3) is 0 Å². The number of hydrogen-bond acceptors (Lipinski definition) is 4. The predicted molar refractivity (Wildman–Crippen MR) is 125 cm³/mol. The topological polar surface area (TPSA) is 26.8 Å². The molecule has 1 aromatic carbocycles. The lowest BCUT2D eigenvalue weighted by Crippen LogP contribution is -2.48. The highest BCUT2D eigenvalue weighted by molar-refractivity contribution is 7.16. The Morgan fingerprint density at radius 3 is 2.50 bits per heavy atom. The van der Waals surface area contributed by atoms with E-state index in [-0.39, 0.29) is 0 Å². The molecule has 0 aliphatic carbocycles. The van der Waals surface area contributed by atoms with Gasteiger partial charge in [0.15, 0.2) is 0 Å². The molecule has 4 rings (SSSR count). The van der Waals surface area contributed by atoms with E-state index in [1.165, 1.54) is 23.3 Å². The van der Waals surface area contributed by atoms with Crippen LogP contribution in [0.15, 0.2) is 42.5 Å². The minimum atomic E-state index is 0.344. The number of piperidine rings is 1. The van der Waals surface area contributed by atoms with Crippen molar-refractivity contribution in [1.29, 1.82) is 0 Å². The summed E-state index contributed by atoms with van der Waals surface area (Å²) in [5.41, 5.74) is 1.35. The maximum absolute atomic E-state index is 12.8. The minimum Gasteiger partial charge on any atom is -0.340 e. The molecule has 0 unspecified atom stereocenters. The highest BCUT2D eigenvalue weighted by Crippen LogP contribution is 2.27. The van der Waals surface area contributed by atoms with Gasteiger partial charge in [-0.1, -0.05) is 41.9 Å². The Labute approximate surface area is 189 Å². The average molecular weight is 446 g/mol. The number of halogens is 1. The zero-order valence-corrected chi connectivity index (χ0v) is 19.2. The lowest BCUT2D eigenvalue weighted by molar-refractivity contribution is -0.133. The zero-order valence-electron chi connectivity index (χ0n) is 17.6. The van der Waals surface area contributed by atoms with Gasteiger partial charge >= 0.3 is 0 Å². The van der Waals surface area contributed by atoms with E-state index >= 15 is 0 Å². The summed E-state index contributed by atoms with van der Waals surface area (Å²) in [7, 11) is 0. The van der Waals surface area contributed by atoms with Gasteiger partial charge in [0.2, 0.25) is 5.91 Å². The van der Waals surface area contributed by atoms with Crippen molar-refractivity contribution in [3.63, 3.8) is 0 Å². The van der Waals surface area contributed by atoms with Gasteiger partial charge in [-0.2, -0.15) is 0 Å². The summed E-state index contributed by atoms with van der Waals surface area (Å²) in [5.74, 6) is 0.981. The van der Waals surface area contributed by atoms with Gasteiger partial charge in [-0.05, 0) is 49.4 Å². The van der Waals surface area contributed by atoms with Crippen LogP contribution in [0.4, 0.5) is 0 Å². The molecule has 2 aliphatic heterocycles. The standard InChI is InChI=1S/C24H32ClN3OS/c25-23-10-9-22(30-23)19-27-12-4-7-21(18-27)8-11-24(29)28-15-13-26(14-16-28)17-20-5-2-1-3-6-20/h1-3,5-6,9-10,21H,4,7-8,11-19H2/t21-/m1/s1. The van der Waals surface area contributed by atoms with Crippen molar-refractivity contribution in [2.75, 3.05) is 39.3 Å². The molecule has 162 valence electrons. The second-order valence-corrected chi connectivity index (χ2v) is 10.4. The van der Waals surface area contributed by atoms with Crippen molar-refractivity contribution in [1.82, 2.24) is 14.7 Å². The fraction of sp³-hybridized carbons (Fsp3) is 0.542. The molecule has 2 aliphatic rings. The van der Waals surface area contributed by atoms with E-state index in [0.29, 0.717) is 18.2 Å². The van der Waals surface area contributed by atoms with Crippen LogP contribution in [-0.2, 0) is 17.9 Å². The fourth-order valence-electron chi connectivity index (χ4n) is 4.67. The minimum absolute atomic E-state index is 0.344. The van der Waals surface area contributed by atoms with Crippen LogP contribution in [0.5, 0.6) is 0 Å². The second kappa shape index (κ2) is 10.8. The number of thiophene rings is 1. The third-order valence-electron chi connectivity index (χ3n) is 6.35. The Bertz CT molecular complexity index is 804. The monoisotopic (exact) mass is 445 g/mol. The maximum atomic E-state index is 12.8. The molecular weight excluding hydrogens is 414 g/mol. The number of benzene rings is 1. The van der Waals surface area contributed by atoms with Crippen molar-refractivity contribution < 1.29 is 4.79 Å². The van der Waals surface area contributed by atoms with Gasteiger partial charge in [-0.15, -0.1) is 11.3 Å². The smallest absolute Gasteiger partial charge is 0.222 e. The highest BCUT2D eigenvalue weighted by Gasteiger charge is 2.24. The summed E-state index contributed by atoms with van der Waals surface area (Å²) in [4.78, 5) is 21.2. The second-order valence-electron chi connectivity index (χ2n) is 8.63. The number of hydrogen-bond donors (Lipinski definition) is 0. The van der Waals surface area contributed by atoms with Crippen LogP contribution >= 0.6 is 22.9 Å². The van der Waals surface area contributed by atoms with Crippen LogP contribution in [0.3, 0.4) is 0 Å². The molecular formula is C24H32ClN3OS. The van der Waals surface area contributed by atoms with Crippen LogP contribution in [0.25, 0.3) is 0 Å². The van der Waals surface area contributed by atoms with Crippen molar-refractivity contribution in [2.24, 2.45) is 5.92 Å². The normalized spacial score (nSPS) is 21.1. The van der Waals surface area contributed by atoms with E-state index in [2.05, 4.69) is 51.1 Å². The van der Waals surface area contributed by atoms with Gasteiger partial charge in [-0.25, -0.2) is 0 Å². The summed E-state index contributed by atoms with van der Waals surface area (Å²) in [6, 6.07) is 14.7. The summed E-state index contributed by atoms with van der Waals surface area (Å²) >= 11 is 7.75. The molecule has 2 aromatic rings. The SMILES string of the molecule is O=C(CC[C@H]1CCCN(Cc2ccc(Cl)s2)C1)N1CCN(Cc2ccccc2)CC1. The summed E-state index contributed by atoms with van der Waals surface area (Å²) in [5, 5.41) is 0. The molecule has 0 N–H and O–H groups in total. The van der Waals surface area contributed by atoms with E-state index in [0.717, 1.165) is 63.1 Å². The quantitative estimate of drug-likeness (QED) is 0.615. The van der Waals surface area contributed by atoms with E-state index in [9.17, 15) is 4.79 Å². The first kappa shape index (κ1) is 21.8. The first-order valence-corrected chi connectivity index (χ1v) is 12.4. The molecule has 0 bridgehead atoms. The van der Waals surface area contributed by atoms with Crippen LogP contribution < -0.4 is 0 Å². The highest BCUT2D eigenvalue weighted by atomic mass is 35.5. The van der Waals surface area contributed by atoms with E-state index in [1.54, 1.807) is 11.3 Å². The molecule has 0 saturated carbocycles. The van der Waals surface area contributed by atoms with Crippen LogP contribution in [-0.4, -0.2) is 59.9 Å². The Morgan fingerprint density at radius 2 is 1.77 bits per heavy atom. The molecule has 2 saturated heterocycles. The molecule has 1 aromatic heterocycles. The van der Waals surface area contributed by atoms with Crippen molar-refractivity contribution in [2.45, 2.75) is 38.8 Å². The average Bonchev–Trinajstić information content (AvgIpc) is 3.18. The molecule has 0 spiro atoms. The predicted octanol–water partition coefficient (Wildman–Crippen LogP) is 4.74. The van der Waals surface area contributed by atoms with Gasteiger partial charge in [0.1, 0.15) is 0 Å². The number of likely N-dealkylation sites (tertiary alicyclic amines) is 1. The summed E-state index contributed by atoms with van der Waals surface area (Å²) in [6.07, 6.45) is 4.20. The Hall–Kier alpha value is -1.40. The fourth-order valence-corrected chi connectivity index (χ4v) is 5.80. The first-order chi connectivity index (χ1) is 14.7. The van der Waals surface area contributed by atoms with Crippen LogP contribution in [0.2, 0.25) is 4.34 Å². The lowest BCUT2D eigenvalue weighted by atomic mass is 9.93. The van der Waals surface area contributed by atoms with E-state index in [4.69, 9.17) is 11.6 Å².